The van der Waals surface area contributed by atoms with Crippen molar-refractivity contribution in [2.45, 2.75) is 37.5 Å². The van der Waals surface area contributed by atoms with Crippen LogP contribution in [0, 0.1) is 12.4 Å². The number of rotatable bonds is 3. The van der Waals surface area contributed by atoms with Crippen molar-refractivity contribution in [2.24, 2.45) is 10.7 Å². The third kappa shape index (κ3) is 3.56. The van der Waals surface area contributed by atoms with E-state index in [-0.39, 0.29) is 17.2 Å². The van der Waals surface area contributed by atoms with Crippen LogP contribution in [-0.2, 0) is 21.8 Å². The van der Waals surface area contributed by atoms with Gasteiger partial charge in [0.2, 0.25) is 5.69 Å². The van der Waals surface area contributed by atoms with Crippen LogP contribution in [0.4, 0.5) is 10.1 Å². The molecule has 0 aliphatic carbocycles. The Morgan fingerprint density at radius 1 is 1.31 bits per heavy atom. The molecule has 166 valence electrons. The van der Waals surface area contributed by atoms with E-state index in [1.807, 2.05) is 0 Å². The number of hydrogen-bond acceptors (Lipinski definition) is 6. The van der Waals surface area contributed by atoms with Crippen LogP contribution in [-0.4, -0.2) is 29.7 Å². The lowest BCUT2D eigenvalue weighted by molar-refractivity contribution is 0.475. The fourth-order valence-electron chi connectivity index (χ4n) is 3.78. The number of aromatic nitrogens is 1. The standard InChI is InChI=1S/C22H20ClFN4O2S2/c1-21(2)20(25)28-22(3,11-32(21,29)30)15-8-12(5-6-16(15)24)7-14-18-17(31-19(14)23)9-13(26-4)10-27-18/h5-6,8-10H,7,11H2,1-3H3,(H2,25,28)/t22-/m0/s1. The Labute approximate surface area is 194 Å². The Balaban J connectivity index is 1.78. The summed E-state index contributed by atoms with van der Waals surface area (Å²) in [5.41, 5.74) is 7.44. The van der Waals surface area contributed by atoms with E-state index in [4.69, 9.17) is 23.9 Å². The topological polar surface area (TPSA) is 89.8 Å². The average molecular weight is 491 g/mol. The van der Waals surface area contributed by atoms with Crippen LogP contribution >= 0.6 is 22.9 Å². The molecule has 1 atom stereocenters. The highest BCUT2D eigenvalue weighted by molar-refractivity contribution is 7.93. The van der Waals surface area contributed by atoms with Crippen molar-refractivity contribution in [1.29, 1.82) is 0 Å². The van der Waals surface area contributed by atoms with Crippen molar-refractivity contribution in [3.8, 4) is 0 Å². The van der Waals surface area contributed by atoms with Gasteiger partial charge in [-0.3, -0.25) is 9.98 Å². The van der Waals surface area contributed by atoms with Gasteiger partial charge in [0.25, 0.3) is 0 Å². The van der Waals surface area contributed by atoms with E-state index in [0.29, 0.717) is 22.0 Å². The maximum absolute atomic E-state index is 14.9. The third-order valence-electron chi connectivity index (χ3n) is 5.91. The van der Waals surface area contributed by atoms with Crippen molar-refractivity contribution in [3.05, 3.63) is 68.7 Å². The van der Waals surface area contributed by atoms with Gasteiger partial charge < -0.3 is 5.73 Å². The zero-order chi connectivity index (χ0) is 23.5. The zero-order valence-corrected chi connectivity index (χ0v) is 20.0. The second-order valence-electron chi connectivity index (χ2n) is 8.54. The van der Waals surface area contributed by atoms with Gasteiger partial charge in [0.05, 0.1) is 22.2 Å². The largest absolute Gasteiger partial charge is 0.386 e. The number of aliphatic imine (C=N–C) groups is 1. The average Bonchev–Trinajstić information content (AvgIpc) is 3.01. The summed E-state index contributed by atoms with van der Waals surface area (Å²) in [5.74, 6) is -0.941. The number of nitrogens with two attached hydrogens (primary N) is 1. The van der Waals surface area contributed by atoms with Gasteiger partial charge in [-0.1, -0.05) is 23.7 Å². The maximum atomic E-state index is 14.9. The molecule has 3 heterocycles. The van der Waals surface area contributed by atoms with Gasteiger partial charge in [0.15, 0.2) is 9.84 Å². The van der Waals surface area contributed by atoms with Gasteiger partial charge in [0, 0.05) is 28.4 Å². The number of thiophene rings is 1. The highest BCUT2D eigenvalue weighted by Crippen LogP contribution is 2.40. The van der Waals surface area contributed by atoms with Crippen molar-refractivity contribution in [1.82, 2.24) is 4.98 Å². The lowest BCUT2D eigenvalue weighted by Gasteiger charge is -2.38. The number of benzene rings is 1. The molecule has 0 bridgehead atoms. The normalized spacial score (nSPS) is 21.8. The second-order valence-corrected chi connectivity index (χ2v) is 12.7. The van der Waals surface area contributed by atoms with Gasteiger partial charge in [-0.15, -0.1) is 11.3 Å². The van der Waals surface area contributed by atoms with E-state index in [9.17, 15) is 12.8 Å². The molecular weight excluding hydrogens is 471 g/mol. The van der Waals surface area contributed by atoms with Crippen molar-refractivity contribution in [2.75, 3.05) is 5.75 Å². The predicted molar refractivity (Wildman–Crippen MR) is 127 cm³/mol. The lowest BCUT2D eigenvalue weighted by Crippen LogP contribution is -2.55. The summed E-state index contributed by atoms with van der Waals surface area (Å²) in [6.07, 6.45) is 1.86. The Hall–Kier alpha value is -2.54. The SMILES string of the molecule is [C-]#[N+]c1cnc2c(Cc3ccc(F)c([C@]4(C)CS(=O)(=O)C(C)(C)C(N)=N4)c3)c(Cl)sc2c1. The first-order valence-electron chi connectivity index (χ1n) is 9.69. The molecule has 1 aromatic carbocycles. The fourth-order valence-corrected chi connectivity index (χ4v) is 6.81. The molecule has 32 heavy (non-hydrogen) atoms. The van der Waals surface area contributed by atoms with E-state index >= 15 is 0 Å². The molecule has 2 aromatic heterocycles. The van der Waals surface area contributed by atoms with Gasteiger partial charge in [-0.2, -0.15) is 0 Å². The Kier molecular flexibility index (Phi) is 5.31. The van der Waals surface area contributed by atoms with Crippen LogP contribution < -0.4 is 5.73 Å². The van der Waals surface area contributed by atoms with Gasteiger partial charge >= 0.3 is 0 Å². The monoisotopic (exact) mass is 490 g/mol. The number of halogens is 2. The van der Waals surface area contributed by atoms with E-state index < -0.39 is 25.9 Å². The molecule has 1 aliphatic rings. The predicted octanol–water partition coefficient (Wildman–Crippen LogP) is 5.01. The van der Waals surface area contributed by atoms with E-state index in [1.54, 1.807) is 25.1 Å². The number of hydrogen-bond donors (Lipinski definition) is 1. The number of pyridine rings is 1. The molecule has 0 saturated carbocycles. The number of nitrogens with zero attached hydrogens (tertiary/aromatic N) is 3. The molecule has 4 rings (SSSR count). The number of fused-ring (bicyclic) bond motifs is 1. The zero-order valence-electron chi connectivity index (χ0n) is 17.6. The molecule has 2 N–H and O–H groups in total. The molecule has 3 aromatic rings. The third-order valence-corrected chi connectivity index (χ3v) is 10.0. The van der Waals surface area contributed by atoms with Crippen molar-refractivity contribution >= 4 is 54.5 Å². The minimum atomic E-state index is -3.66. The molecule has 6 nitrogen and oxygen atoms in total. The maximum Gasteiger partial charge on any atom is 0.206 e. The summed E-state index contributed by atoms with van der Waals surface area (Å²) in [5, 5.41) is 0. The van der Waals surface area contributed by atoms with Crippen LogP contribution in [0.2, 0.25) is 4.34 Å². The summed E-state index contributed by atoms with van der Waals surface area (Å²) in [6, 6.07) is 6.29. The highest BCUT2D eigenvalue weighted by atomic mass is 35.5. The van der Waals surface area contributed by atoms with E-state index in [0.717, 1.165) is 15.8 Å². The molecule has 10 heteroatoms. The molecular formula is C22H20ClFN4O2S2. The number of sulfone groups is 1. The van der Waals surface area contributed by atoms with Gasteiger partial charge in [-0.05, 0) is 38.5 Å². The molecule has 0 amide bonds. The van der Waals surface area contributed by atoms with Crippen LogP contribution in [0.25, 0.3) is 15.1 Å². The molecule has 0 fully saturated rings. The van der Waals surface area contributed by atoms with Crippen molar-refractivity contribution in [3.63, 3.8) is 0 Å². The molecule has 0 unspecified atom stereocenters. The minimum Gasteiger partial charge on any atom is -0.386 e. The second kappa shape index (κ2) is 7.51. The van der Waals surface area contributed by atoms with E-state index in [1.165, 1.54) is 37.4 Å². The molecule has 0 radical (unpaired) electrons. The first kappa shape index (κ1) is 22.6. The fraction of sp³-hybridized carbons (Fsp3) is 0.318. The summed E-state index contributed by atoms with van der Waals surface area (Å²) < 4.78 is 40.7. The summed E-state index contributed by atoms with van der Waals surface area (Å²) in [4.78, 5) is 12.2. The molecule has 0 spiro atoms. The van der Waals surface area contributed by atoms with Crippen molar-refractivity contribution < 1.29 is 12.8 Å². The lowest BCUT2D eigenvalue weighted by atomic mass is 9.90. The Morgan fingerprint density at radius 2 is 2.03 bits per heavy atom. The summed E-state index contributed by atoms with van der Waals surface area (Å²) in [7, 11) is -3.66. The van der Waals surface area contributed by atoms with Gasteiger partial charge in [-0.25, -0.2) is 17.7 Å². The Morgan fingerprint density at radius 3 is 2.69 bits per heavy atom. The van der Waals surface area contributed by atoms with Gasteiger partial charge in [0.1, 0.15) is 21.9 Å². The van der Waals surface area contributed by atoms with Crippen LogP contribution in [0.15, 0.2) is 35.5 Å². The molecule has 0 saturated heterocycles. The van der Waals surface area contributed by atoms with E-state index in [2.05, 4.69) is 14.8 Å². The minimum absolute atomic E-state index is 0.0391. The number of amidine groups is 1. The quantitative estimate of drug-likeness (QED) is 0.522. The van der Waals surface area contributed by atoms with Crippen LogP contribution in [0.5, 0.6) is 0 Å². The first-order chi connectivity index (χ1) is 14.9. The smallest absolute Gasteiger partial charge is 0.206 e. The summed E-state index contributed by atoms with van der Waals surface area (Å²) >= 11 is 7.79. The highest BCUT2D eigenvalue weighted by Gasteiger charge is 2.49. The summed E-state index contributed by atoms with van der Waals surface area (Å²) in [6.45, 7) is 11.7. The molecule has 1 aliphatic heterocycles. The van der Waals surface area contributed by atoms with Crippen LogP contribution in [0.3, 0.4) is 0 Å². The van der Waals surface area contributed by atoms with Crippen LogP contribution in [0.1, 0.15) is 37.5 Å². The Bertz CT molecular complexity index is 1440. The first-order valence-corrected chi connectivity index (χ1v) is 12.5.